The molecule has 1 saturated carbocycles. The lowest BCUT2D eigenvalue weighted by molar-refractivity contribution is 0.214. The van der Waals surface area contributed by atoms with Gasteiger partial charge in [-0.3, -0.25) is 4.98 Å². The van der Waals surface area contributed by atoms with Crippen LogP contribution in [0.5, 0.6) is 0 Å². The third-order valence-corrected chi connectivity index (χ3v) is 4.39. The Hall–Kier alpha value is -0.600. The van der Waals surface area contributed by atoms with Crippen LogP contribution in [0.4, 0.5) is 0 Å². The van der Waals surface area contributed by atoms with E-state index in [1.807, 2.05) is 6.20 Å². The van der Waals surface area contributed by atoms with E-state index in [1.165, 1.54) is 24.8 Å². The van der Waals surface area contributed by atoms with Crippen molar-refractivity contribution in [3.05, 3.63) is 29.0 Å². The molecule has 1 aromatic rings. The third kappa shape index (κ3) is 3.46. The lowest BCUT2D eigenvalue weighted by atomic mass is 9.76. The average molecular weight is 267 g/mol. The molecule has 0 aliphatic heterocycles. The fraction of sp³-hybridized carbons (Fsp3) is 0.667. The van der Waals surface area contributed by atoms with Gasteiger partial charge in [0.25, 0.3) is 0 Å². The first-order chi connectivity index (χ1) is 8.70. The topological polar surface area (TPSA) is 24.9 Å². The van der Waals surface area contributed by atoms with Crippen LogP contribution in [0.25, 0.3) is 0 Å². The molecule has 100 valence electrons. The molecular formula is C15H23ClN2. The summed E-state index contributed by atoms with van der Waals surface area (Å²) in [6.45, 7) is 5.61. The van der Waals surface area contributed by atoms with Crippen molar-refractivity contribution >= 4 is 11.6 Å². The van der Waals surface area contributed by atoms with Gasteiger partial charge in [-0.25, -0.2) is 0 Å². The first kappa shape index (κ1) is 13.8. The van der Waals surface area contributed by atoms with Gasteiger partial charge in [-0.15, -0.1) is 0 Å². The molecule has 0 bridgehead atoms. The highest BCUT2D eigenvalue weighted by molar-refractivity contribution is 6.31. The zero-order valence-corrected chi connectivity index (χ0v) is 12.1. The maximum absolute atomic E-state index is 6.22. The van der Waals surface area contributed by atoms with Crippen LogP contribution in [-0.4, -0.2) is 17.6 Å². The van der Waals surface area contributed by atoms with Gasteiger partial charge in [0.15, 0.2) is 0 Å². The molecule has 3 heteroatoms. The Kier molecular flexibility index (Phi) is 5.02. The van der Waals surface area contributed by atoms with Gasteiger partial charge >= 0.3 is 0 Å². The van der Waals surface area contributed by atoms with Gasteiger partial charge in [-0.1, -0.05) is 25.4 Å². The molecule has 1 aromatic heterocycles. The fourth-order valence-electron chi connectivity index (χ4n) is 3.11. The molecule has 18 heavy (non-hydrogen) atoms. The number of aromatic nitrogens is 1. The minimum absolute atomic E-state index is 0.649. The Morgan fingerprint density at radius 1 is 1.44 bits per heavy atom. The minimum Gasteiger partial charge on any atom is -0.314 e. The van der Waals surface area contributed by atoms with E-state index < -0.39 is 0 Å². The molecule has 1 N–H and O–H groups in total. The quantitative estimate of drug-likeness (QED) is 0.899. The van der Waals surface area contributed by atoms with Crippen molar-refractivity contribution in [2.45, 2.75) is 45.6 Å². The van der Waals surface area contributed by atoms with Crippen molar-refractivity contribution in [1.29, 1.82) is 0 Å². The Morgan fingerprint density at radius 3 is 3.00 bits per heavy atom. The average Bonchev–Trinajstić information content (AvgIpc) is 2.36. The van der Waals surface area contributed by atoms with E-state index in [2.05, 4.69) is 30.2 Å². The van der Waals surface area contributed by atoms with Gasteiger partial charge in [0.2, 0.25) is 0 Å². The van der Waals surface area contributed by atoms with Crippen LogP contribution in [0.15, 0.2) is 18.5 Å². The number of halogens is 1. The Morgan fingerprint density at radius 2 is 2.28 bits per heavy atom. The molecule has 1 heterocycles. The van der Waals surface area contributed by atoms with E-state index in [0.29, 0.717) is 12.0 Å². The van der Waals surface area contributed by atoms with Crippen molar-refractivity contribution < 1.29 is 0 Å². The molecule has 2 rings (SSSR count). The molecule has 2 nitrogen and oxygen atoms in total. The summed E-state index contributed by atoms with van der Waals surface area (Å²) < 4.78 is 0. The third-order valence-electron chi connectivity index (χ3n) is 4.05. The molecule has 0 amide bonds. The van der Waals surface area contributed by atoms with Crippen LogP contribution in [0.2, 0.25) is 5.02 Å². The molecule has 1 aliphatic carbocycles. The summed E-state index contributed by atoms with van der Waals surface area (Å²) >= 11 is 6.22. The number of nitrogens with zero attached hydrogens (tertiary/aromatic N) is 1. The number of pyridine rings is 1. The number of hydrogen-bond acceptors (Lipinski definition) is 2. The summed E-state index contributed by atoms with van der Waals surface area (Å²) in [7, 11) is 0. The highest BCUT2D eigenvalue weighted by atomic mass is 35.5. The molecule has 0 spiro atoms. The molecule has 3 unspecified atom stereocenters. The van der Waals surface area contributed by atoms with Crippen molar-refractivity contribution in [2.24, 2.45) is 11.8 Å². The molecule has 0 saturated heterocycles. The maximum atomic E-state index is 6.22. The summed E-state index contributed by atoms with van der Waals surface area (Å²) in [5.74, 6) is 1.54. The van der Waals surface area contributed by atoms with Crippen molar-refractivity contribution in [2.75, 3.05) is 6.54 Å². The zero-order chi connectivity index (χ0) is 13.0. The van der Waals surface area contributed by atoms with E-state index in [-0.39, 0.29) is 0 Å². The lowest BCUT2D eigenvalue weighted by Gasteiger charge is -2.35. The molecule has 0 aromatic carbocycles. The molecule has 1 fully saturated rings. The Bertz CT molecular complexity index is 381. The summed E-state index contributed by atoms with van der Waals surface area (Å²) in [5.41, 5.74) is 1.24. The van der Waals surface area contributed by atoms with Crippen molar-refractivity contribution in [3.8, 4) is 0 Å². The van der Waals surface area contributed by atoms with Gasteiger partial charge < -0.3 is 5.32 Å². The smallest absolute Gasteiger partial charge is 0.0621 e. The first-order valence-corrected chi connectivity index (χ1v) is 7.40. The van der Waals surface area contributed by atoms with Crippen molar-refractivity contribution in [1.82, 2.24) is 10.3 Å². The molecule has 0 radical (unpaired) electrons. The second kappa shape index (κ2) is 6.53. The highest BCUT2D eigenvalue weighted by Crippen LogP contribution is 2.32. The van der Waals surface area contributed by atoms with E-state index in [1.54, 1.807) is 6.20 Å². The normalized spacial score (nSPS) is 28.3. The Labute approximate surface area is 115 Å². The molecular weight excluding hydrogens is 244 g/mol. The lowest BCUT2D eigenvalue weighted by Crippen LogP contribution is -2.41. The van der Waals surface area contributed by atoms with Crippen LogP contribution in [-0.2, 0) is 6.42 Å². The standard InChI is InChI=1S/C15H23ClN2/c1-3-18-15-5-4-11(2)8-13(15)9-12-6-7-17-10-14(12)16/h6-7,10-11,13,15,18H,3-5,8-9H2,1-2H3. The second-order valence-electron chi connectivity index (χ2n) is 5.51. The number of nitrogens with one attached hydrogen (secondary N) is 1. The van der Waals surface area contributed by atoms with E-state index in [0.717, 1.165) is 23.9 Å². The zero-order valence-electron chi connectivity index (χ0n) is 11.3. The maximum Gasteiger partial charge on any atom is 0.0621 e. The van der Waals surface area contributed by atoms with Crippen LogP contribution < -0.4 is 5.32 Å². The van der Waals surface area contributed by atoms with Crippen LogP contribution in [0.3, 0.4) is 0 Å². The van der Waals surface area contributed by atoms with E-state index in [4.69, 9.17) is 11.6 Å². The van der Waals surface area contributed by atoms with Crippen LogP contribution in [0, 0.1) is 11.8 Å². The first-order valence-electron chi connectivity index (χ1n) is 7.02. The van der Waals surface area contributed by atoms with Gasteiger partial charge in [-0.05, 0) is 55.7 Å². The predicted octanol–water partition coefficient (Wildman–Crippen LogP) is 3.69. The monoisotopic (exact) mass is 266 g/mol. The number of hydrogen-bond donors (Lipinski definition) is 1. The minimum atomic E-state index is 0.649. The SMILES string of the molecule is CCNC1CCC(C)CC1Cc1ccncc1Cl. The fourth-order valence-corrected chi connectivity index (χ4v) is 3.30. The molecule has 1 aliphatic rings. The van der Waals surface area contributed by atoms with E-state index in [9.17, 15) is 0 Å². The summed E-state index contributed by atoms with van der Waals surface area (Å²) in [6.07, 6.45) is 8.61. The van der Waals surface area contributed by atoms with Crippen LogP contribution in [0.1, 0.15) is 38.7 Å². The second-order valence-corrected chi connectivity index (χ2v) is 5.92. The van der Waals surface area contributed by atoms with Gasteiger partial charge in [0.1, 0.15) is 0 Å². The largest absolute Gasteiger partial charge is 0.314 e. The van der Waals surface area contributed by atoms with Gasteiger partial charge in [-0.2, -0.15) is 0 Å². The summed E-state index contributed by atoms with van der Waals surface area (Å²) in [5, 5.41) is 4.45. The Balaban J connectivity index is 2.06. The number of rotatable bonds is 4. The van der Waals surface area contributed by atoms with Gasteiger partial charge in [0, 0.05) is 18.4 Å². The van der Waals surface area contributed by atoms with Crippen LogP contribution >= 0.6 is 11.6 Å². The highest BCUT2D eigenvalue weighted by Gasteiger charge is 2.28. The predicted molar refractivity (Wildman–Crippen MR) is 76.9 cm³/mol. The summed E-state index contributed by atoms with van der Waals surface area (Å²) in [4.78, 5) is 4.06. The molecule has 3 atom stereocenters. The van der Waals surface area contributed by atoms with Gasteiger partial charge in [0.05, 0.1) is 5.02 Å². The van der Waals surface area contributed by atoms with Crippen molar-refractivity contribution in [3.63, 3.8) is 0 Å². The summed E-state index contributed by atoms with van der Waals surface area (Å²) in [6, 6.07) is 2.71. The van der Waals surface area contributed by atoms with E-state index >= 15 is 0 Å².